The SMILES string of the molecule is CCCC(CCC)c1ccc(-c2cc(F)c(C(F)(F)Oc3cc(F)c(F)c(F)c3)c(F)c2)c(F)c1. The molecular weight excluding hydrogens is 480 g/mol. The van der Waals surface area contributed by atoms with Gasteiger partial charge in [-0.3, -0.25) is 0 Å². The molecule has 9 heteroatoms. The number of ether oxygens (including phenoxy) is 1. The van der Waals surface area contributed by atoms with Gasteiger partial charge in [0.05, 0.1) is 0 Å². The summed E-state index contributed by atoms with van der Waals surface area (Å²) in [4.78, 5) is 0. The van der Waals surface area contributed by atoms with Crippen molar-refractivity contribution >= 4 is 0 Å². The molecule has 0 aromatic heterocycles. The van der Waals surface area contributed by atoms with E-state index < -0.39 is 52.3 Å². The van der Waals surface area contributed by atoms with Crippen molar-refractivity contribution in [3.63, 3.8) is 0 Å². The molecule has 0 radical (unpaired) electrons. The predicted octanol–water partition coefficient (Wildman–Crippen LogP) is 9.00. The number of halogens is 8. The average Bonchev–Trinajstić information content (AvgIpc) is 2.76. The topological polar surface area (TPSA) is 9.23 Å². The van der Waals surface area contributed by atoms with E-state index in [-0.39, 0.29) is 29.2 Å². The minimum atomic E-state index is -4.72. The van der Waals surface area contributed by atoms with Gasteiger partial charge < -0.3 is 4.74 Å². The van der Waals surface area contributed by atoms with Crippen LogP contribution in [0.3, 0.4) is 0 Å². The molecule has 0 aliphatic carbocycles. The van der Waals surface area contributed by atoms with Crippen LogP contribution in [0.25, 0.3) is 11.1 Å². The zero-order valence-electron chi connectivity index (χ0n) is 18.9. The molecule has 0 heterocycles. The van der Waals surface area contributed by atoms with E-state index in [1.54, 1.807) is 6.07 Å². The molecule has 188 valence electrons. The van der Waals surface area contributed by atoms with Gasteiger partial charge in [0.1, 0.15) is 28.8 Å². The Bertz CT molecular complexity index is 1160. The van der Waals surface area contributed by atoms with Crippen LogP contribution in [0.2, 0.25) is 0 Å². The Labute approximate surface area is 197 Å². The average molecular weight is 502 g/mol. The Kier molecular flexibility index (Phi) is 8.07. The monoisotopic (exact) mass is 502 g/mol. The zero-order valence-corrected chi connectivity index (χ0v) is 18.9. The maximum absolute atomic E-state index is 14.9. The van der Waals surface area contributed by atoms with E-state index in [1.807, 2.05) is 13.8 Å². The third-order valence-corrected chi connectivity index (χ3v) is 5.59. The van der Waals surface area contributed by atoms with Gasteiger partial charge >= 0.3 is 6.11 Å². The summed E-state index contributed by atoms with van der Waals surface area (Å²) >= 11 is 0. The van der Waals surface area contributed by atoms with Gasteiger partial charge in [-0.15, -0.1) is 0 Å². The van der Waals surface area contributed by atoms with E-state index in [0.29, 0.717) is 12.1 Å². The van der Waals surface area contributed by atoms with Crippen LogP contribution in [0.15, 0.2) is 42.5 Å². The number of rotatable bonds is 9. The number of alkyl halides is 2. The summed E-state index contributed by atoms with van der Waals surface area (Å²) < 4.78 is 117. The number of benzene rings is 3. The van der Waals surface area contributed by atoms with E-state index in [1.165, 1.54) is 12.1 Å². The molecule has 0 fully saturated rings. The van der Waals surface area contributed by atoms with Crippen LogP contribution in [-0.4, -0.2) is 0 Å². The van der Waals surface area contributed by atoms with Crippen molar-refractivity contribution in [3.05, 3.63) is 88.5 Å². The predicted molar refractivity (Wildman–Crippen MR) is 115 cm³/mol. The highest BCUT2D eigenvalue weighted by Gasteiger charge is 2.41. The van der Waals surface area contributed by atoms with Crippen molar-refractivity contribution in [3.8, 4) is 16.9 Å². The van der Waals surface area contributed by atoms with E-state index in [4.69, 9.17) is 0 Å². The van der Waals surface area contributed by atoms with Crippen molar-refractivity contribution in [2.75, 3.05) is 0 Å². The smallest absolute Gasteiger partial charge is 0.429 e. The fourth-order valence-corrected chi connectivity index (χ4v) is 3.99. The Morgan fingerprint density at radius 3 is 1.74 bits per heavy atom. The molecule has 3 rings (SSSR count). The largest absolute Gasteiger partial charge is 0.432 e. The van der Waals surface area contributed by atoms with Gasteiger partial charge in [0.15, 0.2) is 17.5 Å². The molecule has 0 amide bonds. The van der Waals surface area contributed by atoms with Gasteiger partial charge in [-0.2, -0.15) is 8.78 Å². The molecule has 35 heavy (non-hydrogen) atoms. The first-order valence-corrected chi connectivity index (χ1v) is 11.0. The summed E-state index contributed by atoms with van der Waals surface area (Å²) in [6.45, 7) is 4.01. The third kappa shape index (κ3) is 5.77. The quantitative estimate of drug-likeness (QED) is 0.210. The summed E-state index contributed by atoms with van der Waals surface area (Å²) in [5.41, 5.74) is -1.65. The highest BCUT2D eigenvalue weighted by atomic mass is 19.3. The highest BCUT2D eigenvalue weighted by Crippen LogP contribution is 2.38. The van der Waals surface area contributed by atoms with Gasteiger partial charge in [0.2, 0.25) is 0 Å². The molecule has 0 aliphatic heterocycles. The third-order valence-electron chi connectivity index (χ3n) is 5.59. The lowest BCUT2D eigenvalue weighted by molar-refractivity contribution is -0.189. The van der Waals surface area contributed by atoms with E-state index in [0.717, 1.165) is 31.2 Å². The van der Waals surface area contributed by atoms with Crippen molar-refractivity contribution in [1.29, 1.82) is 0 Å². The maximum atomic E-state index is 14.9. The minimum absolute atomic E-state index is 0.109. The van der Waals surface area contributed by atoms with E-state index in [9.17, 15) is 35.1 Å². The first kappa shape index (κ1) is 26.5. The van der Waals surface area contributed by atoms with Crippen LogP contribution in [0.5, 0.6) is 5.75 Å². The Balaban J connectivity index is 1.95. The molecule has 0 saturated heterocycles. The van der Waals surface area contributed by atoms with E-state index >= 15 is 0 Å². The standard InChI is InChI=1S/C26H22F8O/c1-3-5-14(6-4-2)15-7-8-18(19(27)9-15)16-10-20(28)24(21(29)11-16)26(33,34)35-17-12-22(30)25(32)23(31)13-17/h7-14H,3-6H2,1-2H3. The lowest BCUT2D eigenvalue weighted by Gasteiger charge is -2.20. The molecule has 1 nitrogen and oxygen atoms in total. The summed E-state index contributed by atoms with van der Waals surface area (Å²) in [5.74, 6) is -11.0. The first-order valence-electron chi connectivity index (χ1n) is 11.0. The molecular formula is C26H22F8O. The van der Waals surface area contributed by atoms with Gasteiger partial charge in [0, 0.05) is 17.7 Å². The van der Waals surface area contributed by atoms with Gasteiger partial charge in [-0.25, -0.2) is 26.3 Å². The first-order chi connectivity index (χ1) is 16.5. The fraction of sp³-hybridized carbons (Fsp3) is 0.308. The summed E-state index contributed by atoms with van der Waals surface area (Å²) in [6, 6.07) is 5.47. The lowest BCUT2D eigenvalue weighted by Crippen LogP contribution is -2.25. The Hall–Kier alpha value is -3.10. The van der Waals surface area contributed by atoms with Crippen LogP contribution < -0.4 is 4.74 Å². The summed E-state index contributed by atoms with van der Waals surface area (Å²) in [5, 5.41) is 0. The molecule has 0 bridgehead atoms. The normalized spacial score (nSPS) is 11.9. The Morgan fingerprint density at radius 2 is 1.26 bits per heavy atom. The second kappa shape index (κ2) is 10.7. The van der Waals surface area contributed by atoms with Crippen molar-refractivity contribution < 1.29 is 39.9 Å². The van der Waals surface area contributed by atoms with Crippen LogP contribution in [0, 0.1) is 34.9 Å². The molecule has 0 aliphatic rings. The van der Waals surface area contributed by atoms with E-state index in [2.05, 4.69) is 4.74 Å². The fourth-order valence-electron chi connectivity index (χ4n) is 3.99. The maximum Gasteiger partial charge on any atom is 0.432 e. The zero-order chi connectivity index (χ0) is 25.9. The van der Waals surface area contributed by atoms with Crippen molar-refractivity contribution in [2.45, 2.75) is 51.6 Å². The molecule has 0 saturated carbocycles. The van der Waals surface area contributed by atoms with Gasteiger partial charge in [0.25, 0.3) is 0 Å². The molecule has 0 unspecified atom stereocenters. The minimum Gasteiger partial charge on any atom is -0.429 e. The second-order valence-electron chi connectivity index (χ2n) is 8.15. The summed E-state index contributed by atoms with van der Waals surface area (Å²) in [6.07, 6.45) is -1.28. The van der Waals surface area contributed by atoms with Crippen LogP contribution in [-0.2, 0) is 6.11 Å². The molecule has 0 N–H and O–H groups in total. The van der Waals surface area contributed by atoms with Crippen LogP contribution in [0.1, 0.15) is 56.6 Å². The number of hydrogen-bond donors (Lipinski definition) is 0. The van der Waals surface area contributed by atoms with Crippen LogP contribution in [0.4, 0.5) is 35.1 Å². The molecule has 3 aromatic carbocycles. The van der Waals surface area contributed by atoms with Crippen LogP contribution >= 0.6 is 0 Å². The second-order valence-corrected chi connectivity index (χ2v) is 8.15. The molecule has 3 aromatic rings. The van der Waals surface area contributed by atoms with Gasteiger partial charge in [-0.05, 0) is 48.1 Å². The lowest BCUT2D eigenvalue weighted by atomic mass is 9.89. The number of hydrogen-bond acceptors (Lipinski definition) is 1. The van der Waals surface area contributed by atoms with Gasteiger partial charge in [-0.1, -0.05) is 38.8 Å². The van der Waals surface area contributed by atoms with Crippen molar-refractivity contribution in [1.82, 2.24) is 0 Å². The highest BCUT2D eigenvalue weighted by molar-refractivity contribution is 5.65. The molecule has 0 spiro atoms. The Morgan fingerprint density at radius 1 is 0.714 bits per heavy atom. The van der Waals surface area contributed by atoms with Crippen molar-refractivity contribution in [2.24, 2.45) is 0 Å². The molecule has 0 atom stereocenters. The summed E-state index contributed by atoms with van der Waals surface area (Å²) in [7, 11) is 0.